The van der Waals surface area contributed by atoms with E-state index in [1.807, 2.05) is 27.7 Å². The van der Waals surface area contributed by atoms with Gasteiger partial charge in [0.2, 0.25) is 0 Å². The fourth-order valence-corrected chi connectivity index (χ4v) is 1.31. The molecule has 0 bridgehead atoms. The highest BCUT2D eigenvalue weighted by Gasteiger charge is 2.08. The molecule has 2 rings (SSSR count). The Labute approximate surface area is 61.7 Å². The van der Waals surface area contributed by atoms with Crippen molar-refractivity contribution < 1.29 is 8.48 Å². The zero-order valence-corrected chi connectivity index (χ0v) is 5.91. The van der Waals surface area contributed by atoms with E-state index in [1.165, 1.54) is 0 Å². The molecule has 50 valence electrons. The topological polar surface area (TPSA) is 29.9 Å². The third kappa shape index (κ3) is 0.823. The SMILES string of the molecule is c1cs[n+](-c2ccon2)c1. The van der Waals surface area contributed by atoms with E-state index in [2.05, 4.69) is 9.68 Å². The van der Waals surface area contributed by atoms with Gasteiger partial charge in [-0.2, -0.15) is 0 Å². The van der Waals surface area contributed by atoms with Crippen molar-refractivity contribution in [3.8, 4) is 5.82 Å². The van der Waals surface area contributed by atoms with Crippen LogP contribution in [0.15, 0.2) is 34.5 Å². The summed E-state index contributed by atoms with van der Waals surface area (Å²) in [6, 6.07) is 3.77. The van der Waals surface area contributed by atoms with Crippen molar-refractivity contribution in [1.82, 2.24) is 5.16 Å². The van der Waals surface area contributed by atoms with E-state index in [1.54, 1.807) is 17.8 Å². The molecule has 0 unspecified atom stereocenters. The number of nitrogens with zero attached hydrogens (tertiary/aromatic N) is 2. The molecule has 0 spiro atoms. The molecule has 4 heteroatoms. The smallest absolute Gasteiger partial charge is 0.265 e. The summed E-state index contributed by atoms with van der Waals surface area (Å²) >= 11 is 1.57. The highest BCUT2D eigenvalue weighted by atomic mass is 32.1. The van der Waals surface area contributed by atoms with Crippen LogP contribution in [0.3, 0.4) is 0 Å². The van der Waals surface area contributed by atoms with Crippen molar-refractivity contribution in [1.29, 1.82) is 0 Å². The molecule has 0 atom stereocenters. The minimum Gasteiger partial charge on any atom is -0.265 e. The van der Waals surface area contributed by atoms with Crippen LogP contribution < -0.4 is 3.96 Å². The van der Waals surface area contributed by atoms with Crippen LogP contribution in [0.25, 0.3) is 5.82 Å². The number of hydrogen-bond acceptors (Lipinski definition) is 3. The van der Waals surface area contributed by atoms with Gasteiger partial charge < -0.3 is 0 Å². The second-order valence-corrected chi connectivity index (χ2v) is 2.64. The molecule has 2 aromatic heterocycles. The van der Waals surface area contributed by atoms with Gasteiger partial charge in [-0.25, -0.2) is 0 Å². The van der Waals surface area contributed by atoms with Crippen LogP contribution in [0.1, 0.15) is 0 Å². The molecule has 0 aliphatic carbocycles. The lowest BCUT2D eigenvalue weighted by molar-refractivity contribution is -0.525. The Morgan fingerprint density at radius 2 is 2.60 bits per heavy atom. The van der Waals surface area contributed by atoms with Crippen molar-refractivity contribution in [2.75, 3.05) is 0 Å². The van der Waals surface area contributed by atoms with Gasteiger partial charge >= 0.3 is 5.82 Å². The Balaban J connectivity index is 2.48. The van der Waals surface area contributed by atoms with Gasteiger partial charge in [-0.05, 0) is 6.07 Å². The Morgan fingerprint density at radius 1 is 1.60 bits per heavy atom. The molecule has 10 heavy (non-hydrogen) atoms. The number of rotatable bonds is 1. The van der Waals surface area contributed by atoms with Crippen LogP contribution in [0.5, 0.6) is 0 Å². The van der Waals surface area contributed by atoms with Crippen LogP contribution in [0.4, 0.5) is 0 Å². The summed E-state index contributed by atoms with van der Waals surface area (Å²) in [5.41, 5.74) is 0. The molecule has 0 aliphatic heterocycles. The van der Waals surface area contributed by atoms with E-state index in [9.17, 15) is 0 Å². The highest BCUT2D eigenvalue weighted by molar-refractivity contribution is 6.99. The maximum Gasteiger partial charge on any atom is 0.389 e. The first-order chi connectivity index (χ1) is 4.97. The molecule has 0 amide bonds. The average molecular weight is 153 g/mol. The summed E-state index contributed by atoms with van der Waals surface area (Å²) in [5, 5.41) is 5.74. The molecule has 0 radical (unpaired) electrons. The molecule has 2 aromatic rings. The second-order valence-electron chi connectivity index (χ2n) is 1.77. The van der Waals surface area contributed by atoms with Crippen molar-refractivity contribution >= 4 is 11.5 Å². The number of hydrogen-bond donors (Lipinski definition) is 0. The number of aromatic nitrogens is 2. The molecule has 0 saturated heterocycles. The fraction of sp³-hybridized carbons (Fsp3) is 0. The zero-order chi connectivity index (χ0) is 6.81. The predicted molar refractivity (Wildman–Crippen MR) is 35.9 cm³/mol. The van der Waals surface area contributed by atoms with Crippen LogP contribution in [-0.2, 0) is 0 Å². The Morgan fingerprint density at radius 3 is 3.20 bits per heavy atom. The van der Waals surface area contributed by atoms with Crippen LogP contribution in [0, 0.1) is 0 Å². The normalized spacial score (nSPS) is 10.0. The molecule has 0 N–H and O–H groups in total. The summed E-state index contributed by atoms with van der Waals surface area (Å²) in [6.07, 6.45) is 3.49. The minimum absolute atomic E-state index is 0.829. The summed E-state index contributed by atoms with van der Waals surface area (Å²) < 4.78 is 6.59. The molecule has 3 nitrogen and oxygen atoms in total. The fourth-order valence-electron chi connectivity index (χ4n) is 0.699. The van der Waals surface area contributed by atoms with Crippen LogP contribution in [-0.4, -0.2) is 5.16 Å². The maximum atomic E-state index is 4.67. The maximum absolute atomic E-state index is 4.67. The lowest BCUT2D eigenvalue weighted by Gasteiger charge is -1.75. The largest absolute Gasteiger partial charge is 0.389 e. The van der Waals surface area contributed by atoms with E-state index < -0.39 is 0 Å². The minimum atomic E-state index is 0.829. The Hall–Kier alpha value is -1.16. The van der Waals surface area contributed by atoms with E-state index in [0.29, 0.717) is 0 Å². The van der Waals surface area contributed by atoms with Gasteiger partial charge in [0.25, 0.3) is 0 Å². The van der Waals surface area contributed by atoms with Gasteiger partial charge in [-0.3, -0.25) is 4.52 Å². The molecule has 0 fully saturated rings. The Bertz CT molecular complexity index is 255. The molecule has 0 aromatic carbocycles. The van der Waals surface area contributed by atoms with Crippen molar-refractivity contribution in [2.45, 2.75) is 0 Å². The third-order valence-electron chi connectivity index (χ3n) is 1.12. The predicted octanol–water partition coefficient (Wildman–Crippen LogP) is 1.01. The zero-order valence-electron chi connectivity index (χ0n) is 5.10. The standard InChI is InChI=1S/C6H5N2OS/c1-3-8(10-5-1)6-2-4-9-7-6/h1-5H/q+1. The van der Waals surface area contributed by atoms with Crippen molar-refractivity contribution in [3.63, 3.8) is 0 Å². The third-order valence-corrected chi connectivity index (χ3v) is 1.94. The van der Waals surface area contributed by atoms with Gasteiger partial charge in [0.15, 0.2) is 11.4 Å². The van der Waals surface area contributed by atoms with Gasteiger partial charge in [0, 0.05) is 16.9 Å². The van der Waals surface area contributed by atoms with Crippen LogP contribution >= 0.6 is 11.5 Å². The average Bonchev–Trinajstić information content (AvgIpc) is 2.59. The van der Waals surface area contributed by atoms with E-state index in [0.717, 1.165) is 5.82 Å². The lowest BCUT2D eigenvalue weighted by atomic mass is 10.6. The van der Waals surface area contributed by atoms with Crippen molar-refractivity contribution in [2.24, 2.45) is 0 Å². The first-order valence-electron chi connectivity index (χ1n) is 2.83. The van der Waals surface area contributed by atoms with Gasteiger partial charge in [0.05, 0.1) is 6.07 Å². The molecular formula is C6H5N2OS+. The first kappa shape index (κ1) is 5.61. The lowest BCUT2D eigenvalue weighted by Crippen LogP contribution is -2.23. The first-order valence-corrected chi connectivity index (χ1v) is 3.67. The van der Waals surface area contributed by atoms with E-state index >= 15 is 0 Å². The van der Waals surface area contributed by atoms with Gasteiger partial charge in [0.1, 0.15) is 6.20 Å². The Kier molecular flexibility index (Phi) is 1.25. The quantitative estimate of drug-likeness (QED) is 0.572. The summed E-state index contributed by atoms with van der Waals surface area (Å²) in [5.74, 6) is 0.829. The van der Waals surface area contributed by atoms with Crippen LogP contribution in [0.2, 0.25) is 0 Å². The molecular weight excluding hydrogens is 148 g/mol. The second kappa shape index (κ2) is 2.22. The molecule has 0 saturated carbocycles. The van der Waals surface area contributed by atoms with Crippen molar-refractivity contribution in [3.05, 3.63) is 30.0 Å². The monoisotopic (exact) mass is 153 g/mol. The van der Waals surface area contributed by atoms with Gasteiger partial charge in [-0.1, -0.05) is 0 Å². The summed E-state index contributed by atoms with van der Waals surface area (Å²) in [4.78, 5) is 0. The molecule has 0 aliphatic rings. The van der Waals surface area contributed by atoms with E-state index in [4.69, 9.17) is 0 Å². The summed E-state index contributed by atoms with van der Waals surface area (Å²) in [6.45, 7) is 0. The highest BCUT2D eigenvalue weighted by Crippen LogP contribution is 1.96. The summed E-state index contributed by atoms with van der Waals surface area (Å²) in [7, 11) is 0. The van der Waals surface area contributed by atoms with E-state index in [-0.39, 0.29) is 0 Å². The van der Waals surface area contributed by atoms with Gasteiger partial charge in [-0.15, -0.1) is 3.96 Å². The molecule has 2 heterocycles.